The van der Waals surface area contributed by atoms with E-state index in [1.807, 2.05) is 18.2 Å². The summed E-state index contributed by atoms with van der Waals surface area (Å²) in [6.45, 7) is 1.55. The molecule has 1 aliphatic carbocycles. The van der Waals surface area contributed by atoms with Gasteiger partial charge in [-0.05, 0) is 49.4 Å². The molecule has 2 atom stereocenters. The molecule has 0 fully saturated rings. The number of rotatable bonds is 7. The van der Waals surface area contributed by atoms with Gasteiger partial charge >= 0.3 is 5.97 Å². The van der Waals surface area contributed by atoms with Crippen molar-refractivity contribution < 1.29 is 28.5 Å². The number of esters is 1. The van der Waals surface area contributed by atoms with Gasteiger partial charge in [0, 0.05) is 0 Å². The molecule has 1 amide bonds. The summed E-state index contributed by atoms with van der Waals surface area (Å²) in [5.41, 5.74) is 2.52. The second-order valence-corrected chi connectivity index (χ2v) is 7.08. The van der Waals surface area contributed by atoms with Crippen LogP contribution in [0, 0.1) is 0 Å². The Hall–Kier alpha value is -3.22. The summed E-state index contributed by atoms with van der Waals surface area (Å²) >= 11 is 0. The Balaban J connectivity index is 1.71. The summed E-state index contributed by atoms with van der Waals surface area (Å²) in [6, 6.07) is 11.1. The molecular weight excluding hydrogens is 386 g/mol. The second-order valence-electron chi connectivity index (χ2n) is 7.08. The summed E-state index contributed by atoms with van der Waals surface area (Å²) in [5, 5.41) is 3.01. The SMILES string of the molecule is COc1ccc(C(=O)O[C@@H](C)C(=O)N[C@H]2CCCc3ccccc32)c(OC)c1OC. The lowest BCUT2D eigenvalue weighted by molar-refractivity contribution is -0.130. The zero-order chi connectivity index (χ0) is 21.7. The van der Waals surface area contributed by atoms with Crippen molar-refractivity contribution in [2.75, 3.05) is 21.3 Å². The standard InChI is InChI=1S/C23H27NO6/c1-14(22(25)24-18-11-7-9-15-8-5-6-10-16(15)18)30-23(26)17-12-13-19(27-2)21(29-4)20(17)28-3/h5-6,8,10,12-14,18H,7,9,11H2,1-4H3,(H,24,25)/t14-,18-/m0/s1. The largest absolute Gasteiger partial charge is 0.493 e. The van der Waals surface area contributed by atoms with E-state index >= 15 is 0 Å². The molecule has 0 heterocycles. The van der Waals surface area contributed by atoms with Crippen molar-refractivity contribution in [1.29, 1.82) is 0 Å². The van der Waals surface area contributed by atoms with Crippen molar-refractivity contribution in [3.8, 4) is 17.2 Å². The fourth-order valence-electron chi connectivity index (χ4n) is 3.73. The minimum absolute atomic E-state index is 0.0841. The smallest absolute Gasteiger partial charge is 0.342 e. The topological polar surface area (TPSA) is 83.1 Å². The number of carbonyl (C=O) groups excluding carboxylic acids is 2. The van der Waals surface area contributed by atoms with Gasteiger partial charge in [-0.2, -0.15) is 0 Å². The third-order valence-corrected chi connectivity index (χ3v) is 5.26. The average molecular weight is 413 g/mol. The third-order valence-electron chi connectivity index (χ3n) is 5.26. The Morgan fingerprint density at radius 2 is 1.73 bits per heavy atom. The normalized spacial score (nSPS) is 16.1. The predicted octanol–water partition coefficient (Wildman–Crippen LogP) is 3.45. The van der Waals surface area contributed by atoms with Crippen molar-refractivity contribution in [3.63, 3.8) is 0 Å². The van der Waals surface area contributed by atoms with Crippen molar-refractivity contribution in [1.82, 2.24) is 5.32 Å². The van der Waals surface area contributed by atoms with E-state index in [1.165, 1.54) is 33.0 Å². The van der Waals surface area contributed by atoms with Crippen molar-refractivity contribution in [3.05, 3.63) is 53.1 Å². The summed E-state index contributed by atoms with van der Waals surface area (Å²) in [5.74, 6) is -0.127. The highest BCUT2D eigenvalue weighted by atomic mass is 16.6. The quantitative estimate of drug-likeness (QED) is 0.700. The molecule has 0 saturated carbocycles. The van der Waals surface area contributed by atoms with Crippen LogP contribution in [-0.2, 0) is 16.0 Å². The van der Waals surface area contributed by atoms with Gasteiger partial charge in [-0.15, -0.1) is 0 Å². The van der Waals surface area contributed by atoms with Crippen LogP contribution in [0.1, 0.15) is 47.3 Å². The molecule has 0 unspecified atom stereocenters. The van der Waals surface area contributed by atoms with Gasteiger partial charge < -0.3 is 24.3 Å². The lowest BCUT2D eigenvalue weighted by atomic mass is 9.87. The Kier molecular flexibility index (Phi) is 6.82. The van der Waals surface area contributed by atoms with Gasteiger partial charge in [-0.3, -0.25) is 4.79 Å². The molecule has 1 N–H and O–H groups in total. The highest BCUT2D eigenvalue weighted by Gasteiger charge is 2.28. The van der Waals surface area contributed by atoms with E-state index in [2.05, 4.69) is 11.4 Å². The molecule has 7 nitrogen and oxygen atoms in total. The average Bonchev–Trinajstić information content (AvgIpc) is 2.77. The number of aryl methyl sites for hydroxylation is 1. The maximum absolute atomic E-state index is 12.7. The molecule has 160 valence electrons. The van der Waals surface area contributed by atoms with Crippen LogP contribution in [0.15, 0.2) is 36.4 Å². The Morgan fingerprint density at radius 1 is 1.00 bits per heavy atom. The number of nitrogens with one attached hydrogen (secondary N) is 1. The fraction of sp³-hybridized carbons (Fsp3) is 0.391. The van der Waals surface area contributed by atoms with E-state index in [0.29, 0.717) is 5.75 Å². The second kappa shape index (κ2) is 9.52. The summed E-state index contributed by atoms with van der Waals surface area (Å²) in [6.07, 6.45) is 1.89. The highest BCUT2D eigenvalue weighted by Crippen LogP contribution is 2.40. The predicted molar refractivity (Wildman–Crippen MR) is 111 cm³/mol. The summed E-state index contributed by atoms with van der Waals surface area (Å²) in [7, 11) is 4.36. The first-order valence-corrected chi connectivity index (χ1v) is 9.88. The number of methoxy groups -OCH3 is 3. The van der Waals surface area contributed by atoms with Crippen LogP contribution in [0.4, 0.5) is 0 Å². The number of amides is 1. The van der Waals surface area contributed by atoms with E-state index in [-0.39, 0.29) is 29.0 Å². The van der Waals surface area contributed by atoms with Gasteiger partial charge in [-0.1, -0.05) is 24.3 Å². The zero-order valence-corrected chi connectivity index (χ0v) is 17.7. The lowest BCUT2D eigenvalue weighted by Crippen LogP contribution is -2.39. The highest BCUT2D eigenvalue weighted by molar-refractivity contribution is 5.96. The van der Waals surface area contributed by atoms with Gasteiger partial charge in [0.2, 0.25) is 5.75 Å². The number of benzene rings is 2. The fourth-order valence-corrected chi connectivity index (χ4v) is 3.73. The molecule has 2 aromatic rings. The molecule has 0 radical (unpaired) electrons. The Bertz CT molecular complexity index is 926. The van der Waals surface area contributed by atoms with Crippen molar-refractivity contribution >= 4 is 11.9 Å². The van der Waals surface area contributed by atoms with Crippen LogP contribution < -0.4 is 19.5 Å². The number of carbonyl (C=O) groups is 2. The first kappa shape index (κ1) is 21.5. The maximum Gasteiger partial charge on any atom is 0.342 e. The minimum Gasteiger partial charge on any atom is -0.493 e. The molecule has 0 bridgehead atoms. The van der Waals surface area contributed by atoms with Gasteiger partial charge in [0.1, 0.15) is 5.56 Å². The van der Waals surface area contributed by atoms with Gasteiger partial charge in [-0.25, -0.2) is 4.79 Å². The van der Waals surface area contributed by atoms with E-state index in [9.17, 15) is 9.59 Å². The van der Waals surface area contributed by atoms with E-state index in [4.69, 9.17) is 18.9 Å². The molecule has 7 heteroatoms. The Morgan fingerprint density at radius 3 is 2.43 bits per heavy atom. The lowest BCUT2D eigenvalue weighted by Gasteiger charge is -2.27. The number of fused-ring (bicyclic) bond motifs is 1. The van der Waals surface area contributed by atoms with Crippen LogP contribution in [0.2, 0.25) is 0 Å². The van der Waals surface area contributed by atoms with Gasteiger partial charge in [0.25, 0.3) is 5.91 Å². The van der Waals surface area contributed by atoms with Crippen molar-refractivity contribution in [2.45, 2.75) is 38.3 Å². The zero-order valence-electron chi connectivity index (χ0n) is 17.7. The van der Waals surface area contributed by atoms with E-state index < -0.39 is 12.1 Å². The monoisotopic (exact) mass is 413 g/mol. The molecule has 1 aliphatic rings. The molecule has 0 aliphatic heterocycles. The van der Waals surface area contributed by atoms with E-state index in [1.54, 1.807) is 13.0 Å². The van der Waals surface area contributed by atoms with E-state index in [0.717, 1.165) is 24.8 Å². The van der Waals surface area contributed by atoms with Crippen molar-refractivity contribution in [2.24, 2.45) is 0 Å². The van der Waals surface area contributed by atoms with Gasteiger partial charge in [0.05, 0.1) is 27.4 Å². The third kappa shape index (κ3) is 4.35. The molecule has 3 rings (SSSR count). The maximum atomic E-state index is 12.7. The minimum atomic E-state index is -0.968. The number of ether oxygens (including phenoxy) is 4. The van der Waals surface area contributed by atoms with Crippen LogP contribution in [0.5, 0.6) is 17.2 Å². The first-order valence-electron chi connectivity index (χ1n) is 9.88. The number of hydrogen-bond donors (Lipinski definition) is 1. The van der Waals surface area contributed by atoms with Crippen LogP contribution in [0.25, 0.3) is 0 Å². The van der Waals surface area contributed by atoms with Crippen LogP contribution >= 0.6 is 0 Å². The molecule has 0 spiro atoms. The Labute approximate surface area is 176 Å². The van der Waals surface area contributed by atoms with Crippen LogP contribution in [0.3, 0.4) is 0 Å². The summed E-state index contributed by atoms with van der Waals surface area (Å²) < 4.78 is 21.3. The molecule has 0 aromatic heterocycles. The molecular formula is C23H27NO6. The number of hydrogen-bond acceptors (Lipinski definition) is 6. The molecule has 30 heavy (non-hydrogen) atoms. The first-order chi connectivity index (χ1) is 14.5. The van der Waals surface area contributed by atoms with Crippen LogP contribution in [-0.4, -0.2) is 39.3 Å². The molecule has 0 saturated heterocycles. The summed E-state index contributed by atoms with van der Waals surface area (Å²) in [4.78, 5) is 25.4. The van der Waals surface area contributed by atoms with Gasteiger partial charge in [0.15, 0.2) is 17.6 Å². The molecule has 2 aromatic carbocycles.